The van der Waals surface area contributed by atoms with Crippen LogP contribution < -0.4 is 20.6 Å². The SMILES string of the molecule is CN1c2cc(N)c(OS(=O)(=O)O)c3c(-c4ccccc4)nc4cc(N)cc(c4c23)C1c1ccccc1. The second-order valence-electron chi connectivity index (χ2n) is 8.83. The Hall–Kier alpha value is -4.34. The molecule has 1 unspecified atom stereocenters. The maximum absolute atomic E-state index is 11.9. The lowest BCUT2D eigenvalue weighted by molar-refractivity contribution is 0.389. The largest absolute Gasteiger partial charge is 0.446 e. The highest BCUT2D eigenvalue weighted by atomic mass is 32.3. The fraction of sp³-hybridized carbons (Fsp3) is 0.0741. The van der Waals surface area contributed by atoms with E-state index in [0.717, 1.165) is 33.2 Å². The van der Waals surface area contributed by atoms with E-state index in [-0.39, 0.29) is 17.5 Å². The lowest BCUT2D eigenvalue weighted by Crippen LogP contribution is -2.28. The zero-order valence-corrected chi connectivity index (χ0v) is 20.0. The Bertz CT molecular complexity index is 1780. The van der Waals surface area contributed by atoms with Crippen LogP contribution in [0.4, 0.5) is 17.1 Å². The third-order valence-electron chi connectivity index (χ3n) is 6.59. The molecule has 0 saturated heterocycles. The van der Waals surface area contributed by atoms with E-state index in [4.69, 9.17) is 20.6 Å². The molecular formula is C27H22N4O4S. The van der Waals surface area contributed by atoms with E-state index in [2.05, 4.69) is 4.90 Å². The molecule has 1 atom stereocenters. The van der Waals surface area contributed by atoms with E-state index in [1.54, 1.807) is 6.07 Å². The molecule has 36 heavy (non-hydrogen) atoms. The second kappa shape index (κ2) is 7.84. The molecule has 1 aliphatic heterocycles. The highest BCUT2D eigenvalue weighted by molar-refractivity contribution is 7.81. The molecule has 0 spiro atoms. The van der Waals surface area contributed by atoms with Gasteiger partial charge in [-0.15, -0.1) is 0 Å². The molecule has 5 aromatic rings. The third-order valence-corrected chi connectivity index (χ3v) is 6.97. The third kappa shape index (κ3) is 3.40. The monoisotopic (exact) mass is 498 g/mol. The summed E-state index contributed by atoms with van der Waals surface area (Å²) in [4.78, 5) is 7.03. The molecule has 5 N–H and O–H groups in total. The summed E-state index contributed by atoms with van der Waals surface area (Å²) >= 11 is 0. The molecule has 1 aromatic heterocycles. The van der Waals surface area contributed by atoms with Crippen LogP contribution in [0.25, 0.3) is 32.9 Å². The van der Waals surface area contributed by atoms with Gasteiger partial charge in [-0.3, -0.25) is 4.55 Å². The van der Waals surface area contributed by atoms with Crippen LogP contribution in [0.15, 0.2) is 78.9 Å². The van der Waals surface area contributed by atoms with Crippen LogP contribution in [0.3, 0.4) is 0 Å². The van der Waals surface area contributed by atoms with Crippen molar-refractivity contribution in [1.29, 1.82) is 0 Å². The standard InChI is InChI=1S/C27H22N4O4S/c1-31-21-14-19(29)27(35-36(32,33)34)24-23(21)22-18(26(31)16-10-6-3-7-11-16)12-17(28)13-20(22)30-25(24)15-8-4-2-5-9-15/h2-14,26H,28-29H2,1H3,(H,32,33,34). The number of nitrogen functional groups attached to an aromatic ring is 2. The minimum Gasteiger partial charge on any atom is -0.399 e. The highest BCUT2D eigenvalue weighted by Crippen LogP contribution is 2.53. The minimum atomic E-state index is -4.86. The van der Waals surface area contributed by atoms with E-state index in [1.165, 1.54) is 0 Å². The Morgan fingerprint density at radius 1 is 0.917 bits per heavy atom. The molecule has 0 fully saturated rings. The number of anilines is 3. The summed E-state index contributed by atoms with van der Waals surface area (Å²) < 4.78 is 38.4. The maximum Gasteiger partial charge on any atom is 0.446 e. The molecule has 4 aromatic carbocycles. The first-order valence-electron chi connectivity index (χ1n) is 11.2. The molecule has 2 heterocycles. The van der Waals surface area contributed by atoms with Gasteiger partial charge in [-0.25, -0.2) is 4.98 Å². The van der Waals surface area contributed by atoms with Gasteiger partial charge < -0.3 is 20.6 Å². The molecule has 0 radical (unpaired) electrons. The Morgan fingerprint density at radius 2 is 1.58 bits per heavy atom. The number of hydrogen-bond donors (Lipinski definition) is 3. The van der Waals surface area contributed by atoms with E-state index in [1.807, 2.05) is 79.8 Å². The van der Waals surface area contributed by atoms with Crippen molar-refractivity contribution < 1.29 is 17.2 Å². The molecule has 180 valence electrons. The van der Waals surface area contributed by atoms with Gasteiger partial charge in [0, 0.05) is 34.8 Å². The van der Waals surface area contributed by atoms with Gasteiger partial charge >= 0.3 is 10.4 Å². The van der Waals surface area contributed by atoms with Crippen molar-refractivity contribution in [2.24, 2.45) is 0 Å². The van der Waals surface area contributed by atoms with Gasteiger partial charge in [0.15, 0.2) is 5.75 Å². The fourth-order valence-electron chi connectivity index (χ4n) is 5.24. The minimum absolute atomic E-state index is 0.0611. The number of aromatic nitrogens is 1. The van der Waals surface area contributed by atoms with E-state index < -0.39 is 10.4 Å². The summed E-state index contributed by atoms with van der Waals surface area (Å²) in [6.07, 6.45) is 0. The van der Waals surface area contributed by atoms with Crippen molar-refractivity contribution >= 4 is 49.1 Å². The zero-order chi connectivity index (χ0) is 25.2. The first-order valence-corrected chi connectivity index (χ1v) is 12.6. The van der Waals surface area contributed by atoms with Crippen LogP contribution in [-0.2, 0) is 10.4 Å². The van der Waals surface area contributed by atoms with Gasteiger partial charge in [-0.2, -0.15) is 8.42 Å². The van der Waals surface area contributed by atoms with Crippen LogP contribution >= 0.6 is 0 Å². The molecule has 0 amide bonds. The quantitative estimate of drug-likeness (QED) is 0.180. The van der Waals surface area contributed by atoms with Crippen molar-refractivity contribution in [3.8, 4) is 17.0 Å². The van der Waals surface area contributed by atoms with Crippen molar-refractivity contribution in [2.75, 3.05) is 23.4 Å². The van der Waals surface area contributed by atoms with Gasteiger partial charge in [-0.1, -0.05) is 60.7 Å². The molecule has 0 saturated carbocycles. The van der Waals surface area contributed by atoms with E-state index in [9.17, 15) is 13.0 Å². The number of rotatable bonds is 4. The molecular weight excluding hydrogens is 476 g/mol. The van der Waals surface area contributed by atoms with Crippen molar-refractivity contribution in [3.05, 3.63) is 90.0 Å². The Labute approximate surface area is 207 Å². The summed E-state index contributed by atoms with van der Waals surface area (Å²) in [6.45, 7) is 0. The van der Waals surface area contributed by atoms with Crippen LogP contribution in [0.1, 0.15) is 17.2 Å². The number of benzene rings is 4. The first-order chi connectivity index (χ1) is 17.2. The maximum atomic E-state index is 11.9. The second-order valence-corrected chi connectivity index (χ2v) is 9.85. The highest BCUT2D eigenvalue weighted by Gasteiger charge is 2.33. The molecule has 8 nitrogen and oxygen atoms in total. The summed E-state index contributed by atoms with van der Waals surface area (Å²) in [7, 11) is -2.91. The molecule has 0 bridgehead atoms. The average Bonchev–Trinajstić information content (AvgIpc) is 2.84. The van der Waals surface area contributed by atoms with Crippen LogP contribution in [-0.4, -0.2) is 25.0 Å². The summed E-state index contributed by atoms with van der Waals surface area (Å²) in [6, 6.07) is 24.5. The number of nitrogens with two attached hydrogens (primary N) is 2. The average molecular weight is 499 g/mol. The van der Waals surface area contributed by atoms with Gasteiger partial charge in [0.25, 0.3) is 0 Å². The summed E-state index contributed by atoms with van der Waals surface area (Å²) in [5.74, 6) is -0.168. The van der Waals surface area contributed by atoms with Crippen LogP contribution in [0.2, 0.25) is 0 Å². The van der Waals surface area contributed by atoms with Crippen LogP contribution in [0.5, 0.6) is 5.75 Å². The smallest absolute Gasteiger partial charge is 0.399 e. The fourth-order valence-corrected chi connectivity index (χ4v) is 5.63. The predicted molar refractivity (Wildman–Crippen MR) is 142 cm³/mol. The lowest BCUT2D eigenvalue weighted by atomic mass is 9.85. The summed E-state index contributed by atoms with van der Waals surface area (Å²) in [5, 5.41) is 1.93. The van der Waals surface area contributed by atoms with E-state index >= 15 is 0 Å². The lowest BCUT2D eigenvalue weighted by Gasteiger charge is -2.37. The van der Waals surface area contributed by atoms with Crippen molar-refractivity contribution in [1.82, 2.24) is 4.98 Å². The molecule has 0 aliphatic carbocycles. The van der Waals surface area contributed by atoms with E-state index in [0.29, 0.717) is 22.3 Å². The van der Waals surface area contributed by atoms with Gasteiger partial charge in [0.1, 0.15) is 0 Å². The van der Waals surface area contributed by atoms with Gasteiger partial charge in [-0.05, 0) is 29.3 Å². The zero-order valence-electron chi connectivity index (χ0n) is 19.2. The molecule has 6 rings (SSSR count). The van der Waals surface area contributed by atoms with Crippen LogP contribution in [0, 0.1) is 0 Å². The molecule has 9 heteroatoms. The Morgan fingerprint density at radius 3 is 2.25 bits per heavy atom. The Balaban J connectivity index is 1.84. The molecule has 1 aliphatic rings. The summed E-state index contributed by atoms with van der Waals surface area (Å²) in [5.41, 5.74) is 18.0. The van der Waals surface area contributed by atoms with Crippen molar-refractivity contribution in [2.45, 2.75) is 6.04 Å². The number of pyridine rings is 1. The number of nitrogens with zero attached hydrogens (tertiary/aromatic N) is 2. The van der Waals surface area contributed by atoms with Crippen molar-refractivity contribution in [3.63, 3.8) is 0 Å². The van der Waals surface area contributed by atoms with Gasteiger partial charge in [0.2, 0.25) is 0 Å². The van der Waals surface area contributed by atoms with Gasteiger partial charge in [0.05, 0.1) is 28.3 Å². The predicted octanol–water partition coefficient (Wildman–Crippen LogP) is 4.94. The number of hydrogen-bond acceptors (Lipinski definition) is 7. The normalized spacial score (nSPS) is 15.1. The Kier molecular flexibility index (Phi) is 4.82. The topological polar surface area (TPSA) is 132 Å². The first kappa shape index (κ1) is 22.1.